The van der Waals surface area contributed by atoms with E-state index >= 15 is 0 Å². The van der Waals surface area contributed by atoms with Crippen LogP contribution in [0.15, 0.2) is 0 Å². The van der Waals surface area contributed by atoms with Gasteiger partial charge in [-0.25, -0.2) is 0 Å². The summed E-state index contributed by atoms with van der Waals surface area (Å²) in [5.74, 6) is 1.03. The Hall–Kier alpha value is -0.450. The molecular weight excluding hydrogens is 196 g/mol. The van der Waals surface area contributed by atoms with E-state index in [9.17, 15) is 4.79 Å². The minimum Gasteiger partial charge on any atom is -0.358 e. The molecule has 82 valence electrons. The van der Waals surface area contributed by atoms with Crippen molar-refractivity contribution in [1.29, 1.82) is 0 Å². The van der Waals surface area contributed by atoms with Gasteiger partial charge in [-0.1, -0.05) is 0 Å². The highest BCUT2D eigenvalue weighted by Gasteiger charge is 2.69. The van der Waals surface area contributed by atoms with Crippen molar-refractivity contribution >= 4 is 5.78 Å². The normalized spacial score (nSPS) is 61.1. The first-order valence-electron chi connectivity index (χ1n) is 5.66. The third-order valence-electron chi connectivity index (χ3n) is 4.51. The van der Waals surface area contributed by atoms with Crippen molar-refractivity contribution in [2.75, 3.05) is 6.61 Å². The summed E-state index contributed by atoms with van der Waals surface area (Å²) in [5, 5.41) is 0. The Kier molecular flexibility index (Phi) is 1.41. The molecule has 3 heterocycles. The van der Waals surface area contributed by atoms with Gasteiger partial charge in [-0.15, -0.1) is 0 Å². The molecule has 4 heteroatoms. The number of hydrogen-bond donors (Lipinski definition) is 0. The van der Waals surface area contributed by atoms with Gasteiger partial charge >= 0.3 is 0 Å². The van der Waals surface area contributed by atoms with E-state index in [2.05, 4.69) is 6.92 Å². The fourth-order valence-corrected chi connectivity index (χ4v) is 3.62. The summed E-state index contributed by atoms with van der Waals surface area (Å²) < 4.78 is 16.8. The van der Waals surface area contributed by atoms with E-state index in [1.54, 1.807) is 0 Å². The van der Waals surface area contributed by atoms with Gasteiger partial charge in [0.1, 0.15) is 11.7 Å². The highest BCUT2D eigenvalue weighted by atomic mass is 16.7. The molecule has 0 N–H and O–H groups in total. The van der Waals surface area contributed by atoms with E-state index in [1.807, 2.05) is 0 Å². The van der Waals surface area contributed by atoms with E-state index in [1.165, 1.54) is 0 Å². The Balaban J connectivity index is 1.72. The number of hydrogen-bond acceptors (Lipinski definition) is 4. The lowest BCUT2D eigenvalue weighted by Gasteiger charge is -2.39. The molecule has 6 atom stereocenters. The highest BCUT2D eigenvalue weighted by Crippen LogP contribution is 2.57. The quantitative estimate of drug-likeness (QED) is 0.546. The first kappa shape index (κ1) is 8.67. The maximum Gasteiger partial charge on any atom is 0.164 e. The van der Waals surface area contributed by atoms with Crippen LogP contribution < -0.4 is 0 Å². The van der Waals surface area contributed by atoms with Gasteiger partial charge in [0.25, 0.3) is 0 Å². The van der Waals surface area contributed by atoms with Crippen molar-refractivity contribution in [3.05, 3.63) is 0 Å². The zero-order valence-corrected chi connectivity index (χ0v) is 8.64. The summed E-state index contributed by atoms with van der Waals surface area (Å²) in [6.45, 7) is 2.72. The molecule has 3 saturated heterocycles. The lowest BCUT2D eigenvalue weighted by Crippen LogP contribution is -2.48. The Bertz CT molecular complexity index is 341. The zero-order valence-electron chi connectivity index (χ0n) is 8.64. The van der Waals surface area contributed by atoms with Crippen LogP contribution in [0.2, 0.25) is 0 Å². The lowest BCUT2D eigenvalue weighted by molar-refractivity contribution is -0.144. The van der Waals surface area contributed by atoms with Crippen LogP contribution in [0.5, 0.6) is 0 Å². The number of epoxide rings is 1. The number of ketones is 1. The molecule has 4 aliphatic rings. The van der Waals surface area contributed by atoms with E-state index in [0.717, 1.165) is 6.42 Å². The number of Topliss-reactive ketones (excluding diaryl/α,β-unsaturated/α-hetero) is 1. The fourth-order valence-electron chi connectivity index (χ4n) is 3.62. The molecule has 0 radical (unpaired) electrons. The van der Waals surface area contributed by atoms with Gasteiger partial charge in [0.05, 0.1) is 12.7 Å². The molecule has 0 amide bonds. The second-order valence-electron chi connectivity index (χ2n) is 5.30. The maximum absolute atomic E-state index is 11.7. The molecule has 3 aliphatic heterocycles. The van der Waals surface area contributed by atoms with Crippen LogP contribution in [0.25, 0.3) is 0 Å². The van der Waals surface area contributed by atoms with Crippen LogP contribution in [-0.4, -0.2) is 36.5 Å². The molecule has 2 bridgehead atoms. The number of fused-ring (bicyclic) bond motifs is 6. The van der Waals surface area contributed by atoms with Gasteiger partial charge in [0.2, 0.25) is 0 Å². The molecule has 1 aliphatic carbocycles. The van der Waals surface area contributed by atoms with Gasteiger partial charge in [0.15, 0.2) is 12.1 Å². The van der Waals surface area contributed by atoms with E-state index in [0.29, 0.717) is 24.9 Å². The van der Waals surface area contributed by atoms with Gasteiger partial charge in [-0.2, -0.15) is 0 Å². The molecule has 1 saturated carbocycles. The van der Waals surface area contributed by atoms with E-state index in [4.69, 9.17) is 14.2 Å². The molecule has 0 aromatic heterocycles. The molecule has 0 aromatic carbocycles. The summed E-state index contributed by atoms with van der Waals surface area (Å²) in [5.41, 5.74) is -0.200. The largest absolute Gasteiger partial charge is 0.358 e. The molecule has 4 rings (SSSR count). The van der Waals surface area contributed by atoms with Crippen molar-refractivity contribution in [2.45, 2.75) is 43.9 Å². The van der Waals surface area contributed by atoms with Crippen LogP contribution in [0.1, 0.15) is 19.8 Å². The van der Waals surface area contributed by atoms with Crippen molar-refractivity contribution < 1.29 is 19.0 Å². The first-order valence-corrected chi connectivity index (χ1v) is 5.66. The zero-order chi connectivity index (χ0) is 10.2. The summed E-state index contributed by atoms with van der Waals surface area (Å²) in [4.78, 5) is 11.7. The van der Waals surface area contributed by atoms with Gasteiger partial charge in [-0.3, -0.25) is 4.79 Å². The summed E-state index contributed by atoms with van der Waals surface area (Å²) in [7, 11) is 0. The Labute approximate surface area is 87.9 Å². The van der Waals surface area contributed by atoms with E-state index < -0.39 is 0 Å². The summed E-state index contributed by atoms with van der Waals surface area (Å²) in [6.07, 6.45) is 1.45. The third-order valence-corrected chi connectivity index (χ3v) is 4.51. The summed E-state index contributed by atoms with van der Waals surface area (Å²) in [6, 6.07) is 0. The Morgan fingerprint density at radius 2 is 2.33 bits per heavy atom. The molecule has 0 unspecified atom stereocenters. The predicted octanol–water partition coefficient (Wildman–Crippen LogP) is 0.494. The molecule has 0 spiro atoms. The van der Waals surface area contributed by atoms with Crippen LogP contribution in [0.4, 0.5) is 0 Å². The smallest absolute Gasteiger partial charge is 0.164 e. The molecule has 0 aromatic rings. The van der Waals surface area contributed by atoms with Crippen LogP contribution >= 0.6 is 0 Å². The average molecular weight is 210 g/mol. The SMILES string of the molecule is C[C@]12O[C@H]1C(=O)C[C@@H]1[C@H]3CO[C@@H](C[C@@H]12)O3. The average Bonchev–Trinajstić information content (AvgIpc) is 2.78. The Morgan fingerprint density at radius 3 is 3.20 bits per heavy atom. The number of carbonyl (C=O) groups is 1. The molecule has 4 nitrogen and oxygen atoms in total. The van der Waals surface area contributed by atoms with E-state index in [-0.39, 0.29) is 29.9 Å². The van der Waals surface area contributed by atoms with Crippen LogP contribution in [-0.2, 0) is 19.0 Å². The van der Waals surface area contributed by atoms with Crippen molar-refractivity contribution in [3.63, 3.8) is 0 Å². The predicted molar refractivity (Wildman–Crippen MR) is 49.1 cm³/mol. The molecular formula is C11H14O4. The minimum absolute atomic E-state index is 0.0499. The molecule has 15 heavy (non-hydrogen) atoms. The fraction of sp³-hybridized carbons (Fsp3) is 0.909. The van der Waals surface area contributed by atoms with Gasteiger partial charge in [-0.05, 0) is 6.92 Å². The standard InChI is InChI=1S/C11H14O4/c1-11-6-3-9-13-4-8(14-9)5(6)2-7(12)10(11)15-11/h5-6,8-10H,2-4H2,1H3/t5-,6-,8+,9+,10-,11+/m0/s1. The summed E-state index contributed by atoms with van der Waals surface area (Å²) >= 11 is 0. The van der Waals surface area contributed by atoms with Crippen molar-refractivity contribution in [1.82, 2.24) is 0 Å². The lowest BCUT2D eigenvalue weighted by atomic mass is 9.68. The first-order chi connectivity index (χ1) is 7.18. The topological polar surface area (TPSA) is 48.1 Å². The Morgan fingerprint density at radius 1 is 1.47 bits per heavy atom. The van der Waals surface area contributed by atoms with Gasteiger partial charge in [0, 0.05) is 24.7 Å². The number of carbonyl (C=O) groups excluding carboxylic acids is 1. The second kappa shape index (κ2) is 2.44. The number of rotatable bonds is 0. The monoisotopic (exact) mass is 210 g/mol. The van der Waals surface area contributed by atoms with Crippen LogP contribution in [0.3, 0.4) is 0 Å². The molecule has 4 fully saturated rings. The van der Waals surface area contributed by atoms with Crippen molar-refractivity contribution in [3.8, 4) is 0 Å². The maximum atomic E-state index is 11.7. The third kappa shape index (κ3) is 0.953. The van der Waals surface area contributed by atoms with Crippen LogP contribution in [0, 0.1) is 11.8 Å². The van der Waals surface area contributed by atoms with Crippen molar-refractivity contribution in [2.24, 2.45) is 11.8 Å². The highest BCUT2D eigenvalue weighted by molar-refractivity contribution is 5.88. The van der Waals surface area contributed by atoms with Gasteiger partial charge < -0.3 is 14.2 Å². The minimum atomic E-state index is -0.200. The second-order valence-corrected chi connectivity index (χ2v) is 5.30. The number of ether oxygens (including phenoxy) is 3.